The molecule has 0 radical (unpaired) electrons. The summed E-state index contributed by atoms with van der Waals surface area (Å²) in [7, 11) is 0. The highest BCUT2D eigenvalue weighted by Gasteiger charge is 2.24. The normalized spacial score (nSPS) is 18.4. The molecule has 1 aromatic heterocycles. The Labute approximate surface area is 116 Å². The lowest BCUT2D eigenvalue weighted by Gasteiger charge is -2.31. The first-order valence-electron chi connectivity index (χ1n) is 7.46. The Balaban J connectivity index is 1.85. The Bertz CT molecular complexity index is 375. The van der Waals surface area contributed by atoms with E-state index in [1.165, 1.54) is 31.5 Å². The van der Waals surface area contributed by atoms with Crippen molar-refractivity contribution < 1.29 is 4.52 Å². The maximum atomic E-state index is 5.20. The maximum absolute atomic E-state index is 5.20. The minimum atomic E-state index is 0.642. The van der Waals surface area contributed by atoms with Gasteiger partial charge in [0.2, 0.25) is 0 Å². The molecule has 0 spiro atoms. The fraction of sp³-hybridized carbons (Fsp3) is 0.800. The quantitative estimate of drug-likeness (QED) is 0.858. The third-order valence-corrected chi connectivity index (χ3v) is 4.22. The van der Waals surface area contributed by atoms with Gasteiger partial charge < -0.3 is 9.84 Å². The Morgan fingerprint density at radius 3 is 2.47 bits per heavy atom. The summed E-state index contributed by atoms with van der Waals surface area (Å²) >= 11 is 0. The maximum Gasteiger partial charge on any atom is 0.138 e. The van der Waals surface area contributed by atoms with Gasteiger partial charge in [0.05, 0.1) is 5.69 Å². The van der Waals surface area contributed by atoms with Gasteiger partial charge in [-0.1, -0.05) is 19.0 Å². The van der Waals surface area contributed by atoms with Crippen LogP contribution >= 0.6 is 0 Å². The van der Waals surface area contributed by atoms with E-state index in [0.29, 0.717) is 12.0 Å². The lowest BCUT2D eigenvalue weighted by atomic mass is 10.0. The van der Waals surface area contributed by atoms with Gasteiger partial charge in [-0.2, -0.15) is 0 Å². The Hall–Kier alpha value is -0.870. The summed E-state index contributed by atoms with van der Waals surface area (Å²) in [6.07, 6.45) is 2.71. The first kappa shape index (κ1) is 14.5. The Kier molecular flexibility index (Phi) is 4.99. The molecule has 108 valence electrons. The Morgan fingerprint density at radius 2 is 1.95 bits per heavy atom. The molecule has 1 aromatic rings. The van der Waals surface area contributed by atoms with Crippen molar-refractivity contribution in [3.63, 3.8) is 0 Å². The van der Waals surface area contributed by atoms with E-state index in [1.807, 2.05) is 13.8 Å². The third kappa shape index (κ3) is 3.57. The van der Waals surface area contributed by atoms with Crippen LogP contribution in [-0.2, 0) is 6.54 Å². The predicted molar refractivity (Wildman–Crippen MR) is 77.1 cm³/mol. The predicted octanol–water partition coefficient (Wildman–Crippen LogP) is 2.50. The van der Waals surface area contributed by atoms with Crippen molar-refractivity contribution in [2.45, 2.75) is 53.1 Å². The molecule has 1 fully saturated rings. The first-order chi connectivity index (χ1) is 9.09. The van der Waals surface area contributed by atoms with Gasteiger partial charge >= 0.3 is 0 Å². The van der Waals surface area contributed by atoms with Crippen molar-refractivity contribution in [3.8, 4) is 0 Å². The molecule has 1 saturated heterocycles. The van der Waals surface area contributed by atoms with Gasteiger partial charge in [0.25, 0.3) is 0 Å². The minimum absolute atomic E-state index is 0.642. The van der Waals surface area contributed by atoms with Crippen LogP contribution in [0.2, 0.25) is 0 Å². The molecule has 0 saturated carbocycles. The number of nitrogens with zero attached hydrogens (tertiary/aromatic N) is 2. The summed E-state index contributed by atoms with van der Waals surface area (Å²) in [5, 5.41) is 7.59. The lowest BCUT2D eigenvalue weighted by molar-refractivity contribution is 0.186. The first-order valence-corrected chi connectivity index (χ1v) is 7.46. The van der Waals surface area contributed by atoms with E-state index in [2.05, 4.69) is 29.2 Å². The summed E-state index contributed by atoms with van der Waals surface area (Å²) in [4.78, 5) is 2.63. The van der Waals surface area contributed by atoms with Gasteiger partial charge in [-0.15, -0.1) is 0 Å². The van der Waals surface area contributed by atoms with Crippen LogP contribution < -0.4 is 5.32 Å². The molecule has 1 aliphatic rings. The number of hydrogen-bond donors (Lipinski definition) is 1. The molecule has 2 heterocycles. The molecule has 0 aromatic carbocycles. The van der Waals surface area contributed by atoms with Gasteiger partial charge in [0, 0.05) is 24.7 Å². The highest BCUT2D eigenvalue weighted by molar-refractivity contribution is 5.20. The molecule has 1 aliphatic heterocycles. The number of aryl methyl sites for hydroxylation is 2. The van der Waals surface area contributed by atoms with Crippen molar-refractivity contribution in [2.24, 2.45) is 5.92 Å². The zero-order chi connectivity index (χ0) is 13.8. The van der Waals surface area contributed by atoms with Crippen molar-refractivity contribution in [1.82, 2.24) is 15.4 Å². The molecule has 2 rings (SSSR count). The summed E-state index contributed by atoms with van der Waals surface area (Å²) in [6.45, 7) is 13.1. The molecule has 0 aliphatic carbocycles. The molecule has 4 heteroatoms. The average Bonchev–Trinajstić information content (AvgIpc) is 2.97. The molecule has 1 atom stereocenters. The second-order valence-electron chi connectivity index (χ2n) is 5.99. The van der Waals surface area contributed by atoms with Crippen LogP contribution in [0.4, 0.5) is 0 Å². The molecule has 1 N–H and O–H groups in total. The van der Waals surface area contributed by atoms with Crippen LogP contribution in [0.5, 0.6) is 0 Å². The SMILES string of the molecule is Cc1noc(C)c1CNCC(C(C)C)N1CCCC1. The molecule has 1 unspecified atom stereocenters. The fourth-order valence-corrected chi connectivity index (χ4v) is 2.96. The van der Waals surface area contributed by atoms with Crippen molar-refractivity contribution in [2.75, 3.05) is 19.6 Å². The second kappa shape index (κ2) is 6.53. The van der Waals surface area contributed by atoms with Crippen LogP contribution in [0.15, 0.2) is 4.52 Å². The highest BCUT2D eigenvalue weighted by atomic mass is 16.5. The van der Waals surface area contributed by atoms with E-state index < -0.39 is 0 Å². The number of nitrogens with one attached hydrogen (secondary N) is 1. The molecule has 19 heavy (non-hydrogen) atoms. The van der Waals surface area contributed by atoms with E-state index in [4.69, 9.17) is 4.52 Å². The molecule has 4 nitrogen and oxygen atoms in total. The number of aromatic nitrogens is 1. The van der Waals surface area contributed by atoms with E-state index in [9.17, 15) is 0 Å². The summed E-state index contributed by atoms with van der Waals surface area (Å²) < 4.78 is 5.20. The summed E-state index contributed by atoms with van der Waals surface area (Å²) in [5.41, 5.74) is 2.22. The van der Waals surface area contributed by atoms with Gasteiger partial charge in [-0.05, 0) is 45.7 Å². The fourth-order valence-electron chi connectivity index (χ4n) is 2.96. The van der Waals surface area contributed by atoms with Crippen LogP contribution in [0.3, 0.4) is 0 Å². The number of likely N-dealkylation sites (tertiary alicyclic amines) is 1. The van der Waals surface area contributed by atoms with Crippen LogP contribution in [0.25, 0.3) is 0 Å². The topological polar surface area (TPSA) is 41.3 Å². The van der Waals surface area contributed by atoms with Crippen molar-refractivity contribution >= 4 is 0 Å². The highest BCUT2D eigenvalue weighted by Crippen LogP contribution is 2.17. The number of rotatable bonds is 6. The second-order valence-corrected chi connectivity index (χ2v) is 5.99. The smallest absolute Gasteiger partial charge is 0.138 e. The standard InChI is InChI=1S/C15H27N3O/c1-11(2)15(18-7-5-6-8-18)10-16-9-14-12(3)17-19-13(14)4/h11,15-16H,5-10H2,1-4H3. The van der Waals surface area contributed by atoms with Gasteiger partial charge in [-0.25, -0.2) is 0 Å². The average molecular weight is 265 g/mol. The van der Waals surface area contributed by atoms with Crippen molar-refractivity contribution in [1.29, 1.82) is 0 Å². The van der Waals surface area contributed by atoms with Crippen LogP contribution in [-0.4, -0.2) is 35.7 Å². The molecular formula is C15H27N3O. The van der Waals surface area contributed by atoms with Gasteiger partial charge in [0.15, 0.2) is 0 Å². The molecular weight excluding hydrogens is 238 g/mol. The summed E-state index contributed by atoms with van der Waals surface area (Å²) in [6, 6.07) is 0.642. The minimum Gasteiger partial charge on any atom is -0.361 e. The summed E-state index contributed by atoms with van der Waals surface area (Å²) in [5.74, 6) is 1.63. The van der Waals surface area contributed by atoms with E-state index in [-0.39, 0.29) is 0 Å². The zero-order valence-electron chi connectivity index (χ0n) is 12.7. The zero-order valence-corrected chi connectivity index (χ0v) is 12.7. The van der Waals surface area contributed by atoms with Crippen LogP contribution in [0, 0.1) is 19.8 Å². The molecule has 0 amide bonds. The van der Waals surface area contributed by atoms with Gasteiger partial charge in [0.1, 0.15) is 5.76 Å². The number of hydrogen-bond acceptors (Lipinski definition) is 4. The molecule has 0 bridgehead atoms. The van der Waals surface area contributed by atoms with Crippen LogP contribution in [0.1, 0.15) is 43.7 Å². The van der Waals surface area contributed by atoms with E-state index in [0.717, 1.165) is 24.5 Å². The monoisotopic (exact) mass is 265 g/mol. The lowest BCUT2D eigenvalue weighted by Crippen LogP contribution is -2.44. The third-order valence-electron chi connectivity index (χ3n) is 4.22. The van der Waals surface area contributed by atoms with E-state index in [1.54, 1.807) is 0 Å². The van der Waals surface area contributed by atoms with E-state index >= 15 is 0 Å². The Morgan fingerprint density at radius 1 is 1.26 bits per heavy atom. The van der Waals surface area contributed by atoms with Gasteiger partial charge in [-0.3, -0.25) is 4.90 Å². The largest absolute Gasteiger partial charge is 0.361 e. The van der Waals surface area contributed by atoms with Crippen molar-refractivity contribution in [3.05, 3.63) is 17.0 Å².